The molecule has 1 saturated heterocycles. The summed E-state index contributed by atoms with van der Waals surface area (Å²) in [4.78, 5) is 29.9. The van der Waals surface area contributed by atoms with Gasteiger partial charge in [-0.2, -0.15) is 0 Å². The van der Waals surface area contributed by atoms with Crippen molar-refractivity contribution < 1.29 is 19.5 Å². The number of carboxylic acid groups (broad SMARTS) is 1. The van der Waals surface area contributed by atoms with E-state index in [0.29, 0.717) is 31.8 Å². The summed E-state index contributed by atoms with van der Waals surface area (Å²) in [7, 11) is 1.69. The first-order valence-corrected chi connectivity index (χ1v) is 8.47. The SMILES string of the molecule is CNC(=O)C1CCC(C2=NOC3(CCN(C(=O)O)CC3)C2)CC1. The highest BCUT2D eigenvalue weighted by molar-refractivity contribution is 5.89. The highest BCUT2D eigenvalue weighted by Crippen LogP contribution is 2.40. The molecule has 1 aliphatic carbocycles. The van der Waals surface area contributed by atoms with Gasteiger partial charge in [-0.1, -0.05) is 5.16 Å². The highest BCUT2D eigenvalue weighted by atomic mass is 16.7. The molecule has 7 heteroatoms. The van der Waals surface area contributed by atoms with E-state index in [2.05, 4.69) is 10.5 Å². The average molecular weight is 323 g/mol. The van der Waals surface area contributed by atoms with Crippen molar-refractivity contribution in [1.29, 1.82) is 0 Å². The largest absolute Gasteiger partial charge is 0.465 e. The van der Waals surface area contributed by atoms with E-state index in [-0.39, 0.29) is 17.4 Å². The van der Waals surface area contributed by atoms with Crippen LogP contribution in [0.3, 0.4) is 0 Å². The lowest BCUT2D eigenvalue weighted by Gasteiger charge is -2.36. The lowest BCUT2D eigenvalue weighted by molar-refractivity contribution is -0.125. The van der Waals surface area contributed by atoms with Crippen LogP contribution < -0.4 is 5.32 Å². The lowest BCUT2D eigenvalue weighted by atomic mass is 9.76. The van der Waals surface area contributed by atoms with E-state index in [1.807, 2.05) is 0 Å². The fourth-order valence-corrected chi connectivity index (χ4v) is 4.04. The maximum Gasteiger partial charge on any atom is 0.407 e. The van der Waals surface area contributed by atoms with Crippen molar-refractivity contribution >= 4 is 17.7 Å². The van der Waals surface area contributed by atoms with E-state index in [4.69, 9.17) is 9.94 Å². The molecule has 3 aliphatic rings. The van der Waals surface area contributed by atoms with Crippen molar-refractivity contribution in [2.75, 3.05) is 20.1 Å². The van der Waals surface area contributed by atoms with Crippen LogP contribution in [-0.4, -0.2) is 53.5 Å². The Morgan fingerprint density at radius 3 is 2.48 bits per heavy atom. The third-order valence-corrected chi connectivity index (χ3v) is 5.62. The molecule has 0 radical (unpaired) electrons. The molecule has 2 amide bonds. The third-order valence-electron chi connectivity index (χ3n) is 5.62. The molecular weight excluding hydrogens is 298 g/mol. The van der Waals surface area contributed by atoms with Crippen molar-refractivity contribution in [3.05, 3.63) is 0 Å². The monoisotopic (exact) mass is 323 g/mol. The van der Waals surface area contributed by atoms with E-state index in [1.54, 1.807) is 7.05 Å². The molecule has 7 nitrogen and oxygen atoms in total. The van der Waals surface area contributed by atoms with Gasteiger partial charge in [0.25, 0.3) is 0 Å². The van der Waals surface area contributed by atoms with Gasteiger partial charge in [0.15, 0.2) is 0 Å². The van der Waals surface area contributed by atoms with Crippen LogP contribution in [0.25, 0.3) is 0 Å². The Morgan fingerprint density at radius 2 is 1.91 bits per heavy atom. The van der Waals surface area contributed by atoms with Gasteiger partial charge in [0.1, 0.15) is 5.60 Å². The second-order valence-corrected chi connectivity index (χ2v) is 6.97. The summed E-state index contributed by atoms with van der Waals surface area (Å²) in [5.74, 6) is 0.685. The van der Waals surface area contributed by atoms with Crippen molar-refractivity contribution in [1.82, 2.24) is 10.2 Å². The minimum absolute atomic E-state index is 0.131. The number of carbonyl (C=O) groups is 2. The van der Waals surface area contributed by atoms with Crippen LogP contribution in [0.4, 0.5) is 4.79 Å². The molecule has 2 heterocycles. The summed E-state index contributed by atoms with van der Waals surface area (Å²) in [6, 6.07) is 0. The lowest BCUT2D eigenvalue weighted by Crippen LogP contribution is -2.46. The van der Waals surface area contributed by atoms with Gasteiger partial charge >= 0.3 is 6.09 Å². The van der Waals surface area contributed by atoms with Crippen LogP contribution in [-0.2, 0) is 9.63 Å². The predicted octanol–water partition coefficient (Wildman–Crippen LogP) is 1.83. The summed E-state index contributed by atoms with van der Waals surface area (Å²) in [6.07, 6.45) is 5.16. The van der Waals surface area contributed by atoms with E-state index in [1.165, 1.54) is 4.90 Å². The zero-order chi connectivity index (χ0) is 16.4. The number of oxime groups is 1. The Bertz CT molecular complexity index is 503. The Labute approximate surface area is 136 Å². The van der Waals surface area contributed by atoms with Crippen LogP contribution in [0, 0.1) is 11.8 Å². The summed E-state index contributed by atoms with van der Waals surface area (Å²) in [6.45, 7) is 1.03. The zero-order valence-electron chi connectivity index (χ0n) is 13.6. The molecule has 0 aromatic rings. The van der Waals surface area contributed by atoms with Gasteiger partial charge in [0.2, 0.25) is 5.91 Å². The summed E-state index contributed by atoms with van der Waals surface area (Å²) < 4.78 is 0. The molecule has 3 rings (SSSR count). The van der Waals surface area contributed by atoms with Crippen molar-refractivity contribution in [3.63, 3.8) is 0 Å². The fraction of sp³-hybridized carbons (Fsp3) is 0.812. The average Bonchev–Trinajstić information content (AvgIpc) is 2.98. The number of rotatable bonds is 2. The van der Waals surface area contributed by atoms with Gasteiger partial charge in [0.05, 0.1) is 5.71 Å². The van der Waals surface area contributed by atoms with E-state index < -0.39 is 6.09 Å². The van der Waals surface area contributed by atoms with Gasteiger partial charge in [0, 0.05) is 51.2 Å². The second-order valence-electron chi connectivity index (χ2n) is 6.97. The molecule has 0 bridgehead atoms. The van der Waals surface area contributed by atoms with Gasteiger partial charge in [-0.25, -0.2) is 4.79 Å². The zero-order valence-corrected chi connectivity index (χ0v) is 13.6. The number of hydrogen-bond donors (Lipinski definition) is 2. The van der Waals surface area contributed by atoms with Crippen molar-refractivity contribution in [2.45, 2.75) is 50.5 Å². The molecule has 2 N–H and O–H groups in total. The summed E-state index contributed by atoms with van der Waals surface area (Å²) in [5, 5.41) is 16.1. The van der Waals surface area contributed by atoms with Crippen molar-refractivity contribution in [3.8, 4) is 0 Å². The highest BCUT2D eigenvalue weighted by Gasteiger charge is 2.44. The molecule has 0 aromatic heterocycles. The van der Waals surface area contributed by atoms with Crippen LogP contribution >= 0.6 is 0 Å². The molecule has 23 heavy (non-hydrogen) atoms. The third kappa shape index (κ3) is 3.28. The number of likely N-dealkylation sites (tertiary alicyclic amines) is 1. The Kier molecular flexibility index (Phi) is 4.46. The first-order valence-electron chi connectivity index (χ1n) is 8.47. The standard InChI is InChI=1S/C16H25N3O4/c1-17-14(20)12-4-2-11(3-5-12)13-10-16(23-18-13)6-8-19(9-7-16)15(21)22/h11-12H,2-10H2,1H3,(H,17,20)(H,21,22). The van der Waals surface area contributed by atoms with Crippen LogP contribution in [0.15, 0.2) is 5.16 Å². The van der Waals surface area contributed by atoms with Gasteiger partial charge in [-0.15, -0.1) is 0 Å². The maximum absolute atomic E-state index is 11.7. The number of hydrogen-bond acceptors (Lipinski definition) is 4. The molecule has 1 spiro atoms. The quantitative estimate of drug-likeness (QED) is 0.811. The van der Waals surface area contributed by atoms with Crippen molar-refractivity contribution in [2.24, 2.45) is 17.0 Å². The number of amides is 2. The molecule has 2 fully saturated rings. The second kappa shape index (κ2) is 6.37. The minimum atomic E-state index is -0.855. The number of nitrogens with zero attached hydrogens (tertiary/aromatic N) is 2. The van der Waals surface area contributed by atoms with Crippen LogP contribution in [0.5, 0.6) is 0 Å². The number of piperidine rings is 1. The van der Waals surface area contributed by atoms with E-state index in [9.17, 15) is 9.59 Å². The first-order chi connectivity index (χ1) is 11.0. The summed E-state index contributed by atoms with van der Waals surface area (Å²) in [5.41, 5.74) is 0.822. The Balaban J connectivity index is 1.51. The normalized spacial score (nSPS) is 29.8. The first kappa shape index (κ1) is 16.1. The number of nitrogens with one attached hydrogen (secondary N) is 1. The van der Waals surface area contributed by atoms with Gasteiger partial charge in [-0.05, 0) is 25.7 Å². The molecule has 2 aliphatic heterocycles. The Morgan fingerprint density at radius 1 is 1.26 bits per heavy atom. The smallest absolute Gasteiger partial charge is 0.407 e. The molecular formula is C16H25N3O4. The molecule has 0 aromatic carbocycles. The molecule has 1 saturated carbocycles. The van der Waals surface area contributed by atoms with Gasteiger partial charge < -0.3 is 20.2 Å². The minimum Gasteiger partial charge on any atom is -0.465 e. The maximum atomic E-state index is 11.7. The van der Waals surface area contributed by atoms with Gasteiger partial charge in [-0.3, -0.25) is 4.79 Å². The predicted molar refractivity (Wildman–Crippen MR) is 84.2 cm³/mol. The van der Waals surface area contributed by atoms with Crippen LogP contribution in [0.2, 0.25) is 0 Å². The Hall–Kier alpha value is -1.79. The van der Waals surface area contributed by atoms with E-state index in [0.717, 1.165) is 37.8 Å². The fourth-order valence-electron chi connectivity index (χ4n) is 4.04. The summed E-state index contributed by atoms with van der Waals surface area (Å²) >= 11 is 0. The van der Waals surface area contributed by atoms with E-state index >= 15 is 0 Å². The van der Waals surface area contributed by atoms with Crippen LogP contribution in [0.1, 0.15) is 44.9 Å². The number of carbonyl (C=O) groups excluding carboxylic acids is 1. The topological polar surface area (TPSA) is 91.2 Å². The molecule has 128 valence electrons. The molecule has 0 unspecified atom stereocenters. The molecule has 0 atom stereocenters.